The van der Waals surface area contributed by atoms with Gasteiger partial charge in [-0.25, -0.2) is 9.99 Å². The van der Waals surface area contributed by atoms with Crippen LogP contribution in [0.3, 0.4) is 0 Å². The number of aromatic nitrogens is 2. The monoisotopic (exact) mass is 355 g/mol. The van der Waals surface area contributed by atoms with Crippen LogP contribution in [0.5, 0.6) is 0 Å². The van der Waals surface area contributed by atoms with Gasteiger partial charge in [0.05, 0.1) is 24.4 Å². The molecule has 0 aromatic carbocycles. The molecule has 3 aliphatic carbocycles. The number of ether oxygens (including phenoxy) is 1. The van der Waals surface area contributed by atoms with Gasteiger partial charge in [0.1, 0.15) is 5.71 Å². The summed E-state index contributed by atoms with van der Waals surface area (Å²) >= 11 is 0. The van der Waals surface area contributed by atoms with E-state index in [0.717, 1.165) is 44.4 Å². The number of carbonyl (C=O) groups is 1. The summed E-state index contributed by atoms with van der Waals surface area (Å²) in [6.07, 6.45) is 10.6. The van der Waals surface area contributed by atoms with E-state index in [4.69, 9.17) is 4.74 Å². The summed E-state index contributed by atoms with van der Waals surface area (Å²) in [5.74, 6) is 1.27. The molecule has 4 atom stereocenters. The molecule has 3 saturated carbocycles. The second kappa shape index (κ2) is 4.94. The molecule has 8 heteroatoms. The maximum Gasteiger partial charge on any atom is 0.268 e. The number of fused-ring (bicyclic) bond motifs is 4. The number of hydrogen-bond donors (Lipinski definition) is 1. The summed E-state index contributed by atoms with van der Waals surface area (Å²) in [6.45, 7) is 0. The first-order chi connectivity index (χ1) is 12.6. The molecule has 1 N–H and O–H groups in total. The van der Waals surface area contributed by atoms with Gasteiger partial charge in [0.25, 0.3) is 5.91 Å². The van der Waals surface area contributed by atoms with E-state index in [0.29, 0.717) is 16.3 Å². The Hall–Kier alpha value is -2.22. The van der Waals surface area contributed by atoms with E-state index in [1.807, 2.05) is 0 Å². The van der Waals surface area contributed by atoms with E-state index in [1.54, 1.807) is 5.01 Å². The van der Waals surface area contributed by atoms with E-state index in [2.05, 4.69) is 15.4 Å². The Morgan fingerprint density at radius 2 is 2.23 bits per heavy atom. The zero-order valence-electron chi connectivity index (χ0n) is 14.4. The summed E-state index contributed by atoms with van der Waals surface area (Å²) in [7, 11) is 0. The molecule has 4 heterocycles. The SMILES string of the molecule is O=C(NC12CC(C1)C2)C1=NN(c2c[n+]([O-])ccn2)C2C3CCC(CC12)O3. The normalized spacial score (nSPS) is 41.8. The third-order valence-electron chi connectivity index (χ3n) is 6.85. The van der Waals surface area contributed by atoms with Gasteiger partial charge >= 0.3 is 0 Å². The smallest absolute Gasteiger partial charge is 0.268 e. The summed E-state index contributed by atoms with van der Waals surface area (Å²) in [5, 5.41) is 21.4. The number of hydrazone groups is 1. The topological polar surface area (TPSA) is 93.8 Å². The van der Waals surface area contributed by atoms with Crippen LogP contribution in [0.1, 0.15) is 38.5 Å². The first-order valence-electron chi connectivity index (χ1n) is 9.51. The lowest BCUT2D eigenvalue weighted by molar-refractivity contribution is -0.605. The van der Waals surface area contributed by atoms with Crippen molar-refractivity contribution in [3.05, 3.63) is 23.8 Å². The van der Waals surface area contributed by atoms with Crippen molar-refractivity contribution in [3.63, 3.8) is 0 Å². The Balaban J connectivity index is 1.35. The van der Waals surface area contributed by atoms with Crippen LogP contribution in [0.15, 0.2) is 23.7 Å². The predicted molar refractivity (Wildman–Crippen MR) is 91.1 cm³/mol. The van der Waals surface area contributed by atoms with Crippen molar-refractivity contribution in [2.45, 2.75) is 62.3 Å². The number of nitrogens with one attached hydrogen (secondary N) is 1. The fourth-order valence-corrected chi connectivity index (χ4v) is 5.54. The van der Waals surface area contributed by atoms with Crippen LogP contribution < -0.4 is 15.1 Å². The molecule has 1 amide bonds. The Morgan fingerprint density at radius 3 is 2.96 bits per heavy atom. The van der Waals surface area contributed by atoms with Crippen molar-refractivity contribution < 1.29 is 14.3 Å². The molecule has 1 aromatic heterocycles. The Labute approximate surface area is 150 Å². The van der Waals surface area contributed by atoms with Crippen LogP contribution in [-0.2, 0) is 9.53 Å². The summed E-state index contributed by atoms with van der Waals surface area (Å²) in [5.41, 5.74) is 0.614. The fourth-order valence-electron chi connectivity index (χ4n) is 5.54. The molecule has 0 spiro atoms. The molecule has 8 nitrogen and oxygen atoms in total. The standard InChI is InChI=1S/C18H21N5O3/c24-17(20-18-6-10(7-18)8-18)15-12-5-11-1-2-13(26-11)16(12)23(21-15)14-9-22(25)4-3-19-14/h3-4,9-13,16H,1-2,5-8H2,(H,20,24). The van der Waals surface area contributed by atoms with Gasteiger partial charge < -0.3 is 15.3 Å². The van der Waals surface area contributed by atoms with Crippen LogP contribution in [0, 0.1) is 17.0 Å². The van der Waals surface area contributed by atoms with E-state index < -0.39 is 0 Å². The molecule has 0 radical (unpaired) electrons. The fraction of sp³-hybridized carbons (Fsp3) is 0.667. The van der Waals surface area contributed by atoms with Gasteiger partial charge in [-0.1, -0.05) is 0 Å². The summed E-state index contributed by atoms with van der Waals surface area (Å²) < 4.78 is 6.82. The highest BCUT2D eigenvalue weighted by molar-refractivity contribution is 6.40. The molecule has 2 saturated heterocycles. The first kappa shape index (κ1) is 14.9. The average molecular weight is 355 g/mol. The van der Waals surface area contributed by atoms with Gasteiger partial charge in [-0.3, -0.25) is 4.79 Å². The predicted octanol–water partition coefficient (Wildman–Crippen LogP) is 0.496. The Morgan fingerprint density at radius 1 is 1.38 bits per heavy atom. The maximum atomic E-state index is 13.0. The maximum absolute atomic E-state index is 13.0. The Bertz CT molecular complexity index is 810. The van der Waals surface area contributed by atoms with E-state index in [1.165, 1.54) is 18.6 Å². The minimum Gasteiger partial charge on any atom is -0.619 e. The van der Waals surface area contributed by atoms with Crippen LogP contribution in [-0.4, -0.2) is 40.4 Å². The number of nitrogens with zero attached hydrogens (tertiary/aromatic N) is 4. The molecule has 4 unspecified atom stereocenters. The van der Waals surface area contributed by atoms with Crippen molar-refractivity contribution in [2.75, 3.05) is 5.01 Å². The second-order valence-corrected chi connectivity index (χ2v) is 8.52. The van der Waals surface area contributed by atoms with Gasteiger partial charge in [-0.2, -0.15) is 9.83 Å². The Kier molecular flexibility index (Phi) is 2.83. The number of anilines is 1. The molecule has 7 rings (SSSR count). The highest BCUT2D eigenvalue weighted by atomic mass is 16.5. The van der Waals surface area contributed by atoms with Gasteiger partial charge in [0, 0.05) is 11.5 Å². The highest BCUT2D eigenvalue weighted by Gasteiger charge is 2.59. The molecule has 26 heavy (non-hydrogen) atoms. The zero-order chi connectivity index (χ0) is 17.5. The third kappa shape index (κ3) is 1.99. The molecular formula is C18H21N5O3. The van der Waals surface area contributed by atoms with Crippen molar-refractivity contribution in [1.29, 1.82) is 0 Å². The molecular weight excluding hydrogens is 334 g/mol. The molecule has 136 valence electrons. The van der Waals surface area contributed by atoms with Gasteiger partial charge in [0.15, 0.2) is 6.20 Å². The van der Waals surface area contributed by atoms with Gasteiger partial charge in [-0.15, -0.1) is 0 Å². The van der Waals surface area contributed by atoms with Crippen LogP contribution in [0.2, 0.25) is 0 Å². The molecule has 1 aromatic rings. The number of hydrogen-bond acceptors (Lipinski definition) is 6. The summed E-state index contributed by atoms with van der Waals surface area (Å²) in [4.78, 5) is 17.3. The number of rotatable bonds is 3. The number of carbonyl (C=O) groups excluding carboxylic acids is 1. The minimum atomic E-state index is -0.0579. The van der Waals surface area contributed by atoms with E-state index in [9.17, 15) is 10.0 Å². The zero-order valence-corrected chi connectivity index (χ0v) is 14.4. The lowest BCUT2D eigenvalue weighted by Gasteiger charge is -2.61. The van der Waals surface area contributed by atoms with E-state index in [-0.39, 0.29) is 35.6 Å². The van der Waals surface area contributed by atoms with Gasteiger partial charge in [-0.05, 0) is 44.4 Å². The van der Waals surface area contributed by atoms with Crippen LogP contribution in [0.25, 0.3) is 0 Å². The third-order valence-corrected chi connectivity index (χ3v) is 6.85. The van der Waals surface area contributed by atoms with Crippen molar-refractivity contribution in [3.8, 4) is 0 Å². The second-order valence-electron chi connectivity index (χ2n) is 8.52. The average Bonchev–Trinajstić information content (AvgIpc) is 3.12. The number of amides is 1. The van der Waals surface area contributed by atoms with Crippen LogP contribution >= 0.6 is 0 Å². The summed E-state index contributed by atoms with van der Waals surface area (Å²) in [6, 6.07) is -0.0579. The lowest BCUT2D eigenvalue weighted by atomic mass is 9.50. The van der Waals surface area contributed by atoms with Crippen LogP contribution in [0.4, 0.5) is 5.82 Å². The van der Waals surface area contributed by atoms with Gasteiger partial charge in [0.2, 0.25) is 12.0 Å². The molecule has 3 aliphatic heterocycles. The molecule has 4 bridgehead atoms. The quantitative estimate of drug-likeness (QED) is 0.629. The highest BCUT2D eigenvalue weighted by Crippen LogP contribution is 2.57. The molecule has 6 aliphatic rings. The lowest BCUT2D eigenvalue weighted by Crippen LogP contribution is -2.69. The van der Waals surface area contributed by atoms with E-state index >= 15 is 0 Å². The van der Waals surface area contributed by atoms with Crippen molar-refractivity contribution in [2.24, 2.45) is 16.9 Å². The van der Waals surface area contributed by atoms with Crippen molar-refractivity contribution >= 4 is 17.4 Å². The first-order valence-corrected chi connectivity index (χ1v) is 9.51. The molecule has 5 fully saturated rings. The van der Waals surface area contributed by atoms with Crippen molar-refractivity contribution in [1.82, 2.24) is 10.3 Å². The largest absolute Gasteiger partial charge is 0.619 e. The minimum absolute atomic E-state index is 0.0281.